The molecule has 1 fully saturated rings. The van der Waals surface area contributed by atoms with E-state index in [1.54, 1.807) is 44.2 Å². The highest BCUT2D eigenvalue weighted by atomic mass is 32.2. The molecule has 0 spiro atoms. The van der Waals surface area contributed by atoms with E-state index >= 15 is 0 Å². The molecule has 0 radical (unpaired) electrons. The van der Waals surface area contributed by atoms with Crippen LogP contribution in [0.2, 0.25) is 0 Å². The Kier molecular flexibility index (Phi) is 8.28. The van der Waals surface area contributed by atoms with Crippen molar-refractivity contribution in [1.29, 1.82) is 0 Å². The number of thioether (sulfide) groups is 1. The van der Waals surface area contributed by atoms with E-state index in [0.717, 1.165) is 37.0 Å². The van der Waals surface area contributed by atoms with Crippen LogP contribution in [0.5, 0.6) is 0 Å². The molecular formula is C27H33N3O5S2. The third-order valence-electron chi connectivity index (χ3n) is 6.96. The molecule has 2 heterocycles. The molecule has 1 aliphatic carbocycles. The number of carbonyl (C=O) groups is 2. The van der Waals surface area contributed by atoms with E-state index in [4.69, 9.17) is 4.74 Å². The average molecular weight is 544 g/mol. The Morgan fingerprint density at radius 2 is 1.81 bits per heavy atom. The highest BCUT2D eigenvalue weighted by Gasteiger charge is 2.30. The molecule has 0 aliphatic heterocycles. The molecule has 2 aromatic heterocycles. The van der Waals surface area contributed by atoms with Gasteiger partial charge in [-0.2, -0.15) is 0 Å². The van der Waals surface area contributed by atoms with Crippen molar-refractivity contribution in [3.63, 3.8) is 0 Å². The minimum atomic E-state index is -3.88. The molecule has 0 bridgehead atoms. The number of hydrogen-bond donors (Lipinski definition) is 0. The number of hydrogen-bond acceptors (Lipinski definition) is 8. The van der Waals surface area contributed by atoms with Crippen LogP contribution in [0.1, 0.15) is 55.5 Å². The Hall–Kier alpha value is -2.85. The summed E-state index contributed by atoms with van der Waals surface area (Å²) >= 11 is 1.38. The first-order valence-corrected chi connectivity index (χ1v) is 14.9. The zero-order valence-corrected chi connectivity index (χ0v) is 23.3. The Morgan fingerprint density at radius 3 is 2.43 bits per heavy atom. The number of aryl methyl sites for hydroxylation is 1. The standard InChI is InChI=1S/C27H33N3O5S2/c1-5-35-27(32)24-16-28-26-23(14-15-30(26)37(33,34)22-12-6-18(2)7-13-22)25(24)29(4)21-10-8-20(9-11-21)17-36-19(3)31/h6-7,12-16,20-21H,5,8-11,17H2,1-4H3. The molecule has 0 N–H and O–H groups in total. The second-order valence-corrected chi connectivity index (χ2v) is 12.5. The lowest BCUT2D eigenvalue weighted by Crippen LogP contribution is -2.36. The number of anilines is 1. The van der Waals surface area contributed by atoms with Gasteiger partial charge in [-0.15, -0.1) is 0 Å². The molecule has 4 rings (SSSR count). The fraction of sp³-hybridized carbons (Fsp3) is 0.444. The van der Waals surface area contributed by atoms with E-state index in [9.17, 15) is 18.0 Å². The van der Waals surface area contributed by atoms with Crippen molar-refractivity contribution >= 4 is 49.6 Å². The maximum Gasteiger partial charge on any atom is 0.341 e. The summed E-state index contributed by atoms with van der Waals surface area (Å²) < 4.78 is 33.4. The molecule has 0 saturated heterocycles. The van der Waals surface area contributed by atoms with E-state index in [1.165, 1.54) is 28.1 Å². The molecule has 1 aromatic carbocycles. The summed E-state index contributed by atoms with van der Waals surface area (Å²) in [5.74, 6) is 0.833. The fourth-order valence-electron chi connectivity index (χ4n) is 4.92. The SMILES string of the molecule is CCOC(=O)c1cnc2c(ccn2S(=O)(=O)c2ccc(C)cc2)c1N(C)C1CCC(CSC(C)=O)CC1. The van der Waals surface area contributed by atoms with Gasteiger partial charge in [-0.05, 0) is 63.6 Å². The molecule has 1 saturated carbocycles. The van der Waals surface area contributed by atoms with E-state index in [0.29, 0.717) is 22.6 Å². The number of ether oxygens (including phenoxy) is 1. The smallest absolute Gasteiger partial charge is 0.341 e. The normalized spacial score (nSPS) is 18.1. The number of carbonyl (C=O) groups excluding carboxylic acids is 2. The van der Waals surface area contributed by atoms with Gasteiger partial charge in [0, 0.05) is 43.5 Å². The minimum Gasteiger partial charge on any atom is -0.462 e. The highest BCUT2D eigenvalue weighted by molar-refractivity contribution is 8.13. The third kappa shape index (κ3) is 5.70. The van der Waals surface area contributed by atoms with Crippen molar-refractivity contribution in [1.82, 2.24) is 8.96 Å². The largest absolute Gasteiger partial charge is 0.462 e. The number of pyridine rings is 1. The fourth-order valence-corrected chi connectivity index (χ4v) is 7.03. The maximum atomic E-state index is 13.5. The molecule has 3 aromatic rings. The quantitative estimate of drug-likeness (QED) is 0.365. The molecule has 8 nitrogen and oxygen atoms in total. The molecule has 1 aliphatic rings. The van der Waals surface area contributed by atoms with Crippen LogP contribution in [0.3, 0.4) is 0 Å². The van der Waals surface area contributed by atoms with Crippen LogP contribution in [-0.2, 0) is 19.6 Å². The number of benzene rings is 1. The van der Waals surface area contributed by atoms with Crippen molar-refractivity contribution in [2.24, 2.45) is 5.92 Å². The minimum absolute atomic E-state index is 0.141. The van der Waals surface area contributed by atoms with Crippen LogP contribution in [0, 0.1) is 12.8 Å². The predicted molar refractivity (Wildman–Crippen MR) is 147 cm³/mol. The van der Waals surface area contributed by atoms with Crippen LogP contribution < -0.4 is 4.90 Å². The Morgan fingerprint density at radius 1 is 1.14 bits per heavy atom. The number of rotatable bonds is 8. The van der Waals surface area contributed by atoms with Crippen molar-refractivity contribution in [2.75, 3.05) is 24.3 Å². The van der Waals surface area contributed by atoms with Crippen LogP contribution in [0.15, 0.2) is 47.6 Å². The Balaban J connectivity index is 1.72. The molecule has 0 unspecified atom stereocenters. The van der Waals surface area contributed by atoms with Gasteiger partial charge in [-0.3, -0.25) is 4.79 Å². The van der Waals surface area contributed by atoms with Crippen LogP contribution in [0.25, 0.3) is 11.0 Å². The lowest BCUT2D eigenvalue weighted by atomic mass is 9.86. The van der Waals surface area contributed by atoms with Gasteiger partial charge in [0.2, 0.25) is 0 Å². The summed E-state index contributed by atoms with van der Waals surface area (Å²) in [6, 6.07) is 8.55. The number of aromatic nitrogens is 2. The van der Waals surface area contributed by atoms with Gasteiger partial charge in [0.25, 0.3) is 10.0 Å². The molecular weight excluding hydrogens is 510 g/mol. The lowest BCUT2D eigenvalue weighted by molar-refractivity contribution is -0.109. The van der Waals surface area contributed by atoms with Gasteiger partial charge >= 0.3 is 5.97 Å². The summed E-state index contributed by atoms with van der Waals surface area (Å²) in [5, 5.41) is 0.723. The molecule has 37 heavy (non-hydrogen) atoms. The third-order valence-corrected chi connectivity index (χ3v) is 9.69. The van der Waals surface area contributed by atoms with Crippen LogP contribution >= 0.6 is 11.8 Å². The monoisotopic (exact) mass is 543 g/mol. The van der Waals surface area contributed by atoms with E-state index in [-0.39, 0.29) is 28.3 Å². The summed E-state index contributed by atoms with van der Waals surface area (Å²) in [6.45, 7) is 5.47. The van der Waals surface area contributed by atoms with Gasteiger partial charge in [-0.1, -0.05) is 29.5 Å². The average Bonchev–Trinajstić information content (AvgIpc) is 3.32. The maximum absolute atomic E-state index is 13.5. The van der Waals surface area contributed by atoms with Crippen LogP contribution in [0.4, 0.5) is 5.69 Å². The van der Waals surface area contributed by atoms with E-state index in [2.05, 4.69) is 9.88 Å². The zero-order chi connectivity index (χ0) is 26.7. The van der Waals surface area contributed by atoms with Gasteiger partial charge in [-0.25, -0.2) is 22.2 Å². The second kappa shape index (κ2) is 11.3. The molecule has 0 amide bonds. The molecule has 0 atom stereocenters. The van der Waals surface area contributed by atoms with Crippen molar-refractivity contribution in [2.45, 2.75) is 57.4 Å². The summed E-state index contributed by atoms with van der Waals surface area (Å²) in [7, 11) is -1.94. The second-order valence-electron chi connectivity index (χ2n) is 9.50. The van der Waals surface area contributed by atoms with E-state index < -0.39 is 16.0 Å². The topological polar surface area (TPSA) is 98.6 Å². The highest BCUT2D eigenvalue weighted by Crippen LogP contribution is 2.37. The first kappa shape index (κ1) is 27.2. The zero-order valence-electron chi connectivity index (χ0n) is 21.6. The number of esters is 1. The van der Waals surface area contributed by atoms with Crippen molar-refractivity contribution < 1.29 is 22.7 Å². The van der Waals surface area contributed by atoms with Gasteiger partial charge in [0.1, 0.15) is 5.56 Å². The molecule has 10 heteroatoms. The Labute approximate surface area is 222 Å². The summed E-state index contributed by atoms with van der Waals surface area (Å²) in [6.07, 6.45) is 6.71. The van der Waals surface area contributed by atoms with Gasteiger partial charge in [0.15, 0.2) is 10.8 Å². The van der Waals surface area contributed by atoms with Crippen molar-refractivity contribution in [3.05, 3.63) is 53.9 Å². The lowest BCUT2D eigenvalue weighted by Gasteiger charge is -2.36. The number of fused-ring (bicyclic) bond motifs is 1. The van der Waals surface area contributed by atoms with Gasteiger partial charge in [0.05, 0.1) is 17.2 Å². The first-order valence-electron chi connectivity index (χ1n) is 12.5. The summed E-state index contributed by atoms with van der Waals surface area (Å²) in [4.78, 5) is 30.9. The molecule has 198 valence electrons. The first-order chi connectivity index (χ1) is 17.6. The van der Waals surface area contributed by atoms with Crippen molar-refractivity contribution in [3.8, 4) is 0 Å². The van der Waals surface area contributed by atoms with Gasteiger partial charge < -0.3 is 9.64 Å². The Bertz CT molecular complexity index is 1390. The summed E-state index contributed by atoms with van der Waals surface area (Å²) in [5.41, 5.74) is 2.17. The van der Waals surface area contributed by atoms with E-state index in [1.807, 2.05) is 14.0 Å². The predicted octanol–water partition coefficient (Wildman–Crippen LogP) is 5.03. The van der Waals surface area contributed by atoms with Crippen LogP contribution in [-0.4, -0.2) is 53.9 Å². The number of nitrogens with zero attached hydrogens (tertiary/aromatic N) is 3.